The van der Waals surface area contributed by atoms with E-state index < -0.39 is 10.0 Å². The highest BCUT2D eigenvalue weighted by molar-refractivity contribution is 7.89. The summed E-state index contributed by atoms with van der Waals surface area (Å²) in [5.74, 6) is 0. The lowest BCUT2D eigenvalue weighted by Gasteiger charge is -2.29. The average Bonchev–Trinajstić information content (AvgIpc) is 2.39. The standard InChI is InChI=1S/C14H23NO3S/c1-4-13(5-2)15(10-11-16)19(17,18)14-9-7-6-8-12(14)3/h6-9,13,16H,4-5,10-11H2,1-3H3. The highest BCUT2D eigenvalue weighted by atomic mass is 32.2. The Morgan fingerprint density at radius 1 is 1.21 bits per heavy atom. The molecule has 4 nitrogen and oxygen atoms in total. The Balaban J connectivity index is 3.24. The van der Waals surface area contributed by atoms with Crippen molar-refractivity contribution >= 4 is 10.0 Å². The first-order chi connectivity index (χ1) is 8.98. The molecule has 0 fully saturated rings. The quantitative estimate of drug-likeness (QED) is 0.835. The summed E-state index contributed by atoms with van der Waals surface area (Å²) in [7, 11) is -3.54. The summed E-state index contributed by atoms with van der Waals surface area (Å²) >= 11 is 0. The normalized spacial score (nSPS) is 12.3. The lowest BCUT2D eigenvalue weighted by Crippen LogP contribution is -2.41. The first kappa shape index (κ1) is 16.1. The molecule has 0 aliphatic heterocycles. The Morgan fingerprint density at radius 2 is 1.79 bits per heavy atom. The molecule has 0 saturated heterocycles. The van der Waals surface area contributed by atoms with Crippen molar-refractivity contribution in [2.75, 3.05) is 13.2 Å². The van der Waals surface area contributed by atoms with Gasteiger partial charge < -0.3 is 5.11 Å². The van der Waals surface area contributed by atoms with Crippen molar-refractivity contribution in [3.8, 4) is 0 Å². The second-order valence-corrected chi connectivity index (χ2v) is 6.43. The molecule has 5 heteroatoms. The van der Waals surface area contributed by atoms with E-state index >= 15 is 0 Å². The predicted octanol–water partition coefficient (Wildman–Crippen LogP) is 2.17. The number of rotatable bonds is 7. The lowest BCUT2D eigenvalue weighted by atomic mass is 10.2. The summed E-state index contributed by atoms with van der Waals surface area (Å²) < 4.78 is 26.9. The number of hydrogen-bond donors (Lipinski definition) is 1. The van der Waals surface area contributed by atoms with E-state index in [4.69, 9.17) is 5.11 Å². The first-order valence-electron chi connectivity index (χ1n) is 6.67. The van der Waals surface area contributed by atoms with Gasteiger partial charge in [-0.25, -0.2) is 8.42 Å². The van der Waals surface area contributed by atoms with Crippen molar-refractivity contribution in [1.29, 1.82) is 0 Å². The van der Waals surface area contributed by atoms with E-state index in [0.29, 0.717) is 4.90 Å². The molecule has 0 saturated carbocycles. The molecule has 0 aliphatic carbocycles. The summed E-state index contributed by atoms with van der Waals surface area (Å²) in [6.45, 7) is 5.69. The zero-order valence-electron chi connectivity index (χ0n) is 11.8. The zero-order chi connectivity index (χ0) is 14.5. The van der Waals surface area contributed by atoms with E-state index in [2.05, 4.69) is 0 Å². The predicted molar refractivity (Wildman–Crippen MR) is 76.5 cm³/mol. The molecule has 0 bridgehead atoms. The summed E-state index contributed by atoms with van der Waals surface area (Å²) in [6.07, 6.45) is 1.48. The van der Waals surface area contributed by atoms with Gasteiger partial charge in [-0.1, -0.05) is 32.0 Å². The molecule has 0 heterocycles. The molecule has 0 amide bonds. The van der Waals surface area contributed by atoms with Crippen LogP contribution in [-0.2, 0) is 10.0 Å². The molecule has 0 radical (unpaired) electrons. The highest BCUT2D eigenvalue weighted by Gasteiger charge is 2.30. The summed E-state index contributed by atoms with van der Waals surface area (Å²) in [4.78, 5) is 0.329. The Hall–Kier alpha value is -0.910. The SMILES string of the molecule is CCC(CC)N(CCO)S(=O)(=O)c1ccccc1C. The topological polar surface area (TPSA) is 57.6 Å². The molecule has 1 aromatic rings. The molecule has 0 aliphatic rings. The lowest BCUT2D eigenvalue weighted by molar-refractivity contribution is 0.219. The van der Waals surface area contributed by atoms with Crippen LogP contribution in [0, 0.1) is 6.92 Å². The van der Waals surface area contributed by atoms with Gasteiger partial charge in [-0.15, -0.1) is 0 Å². The Morgan fingerprint density at radius 3 is 2.26 bits per heavy atom. The summed E-state index contributed by atoms with van der Waals surface area (Å²) in [6, 6.07) is 6.89. The van der Waals surface area contributed by atoms with Crippen LogP contribution >= 0.6 is 0 Å². The molecular weight excluding hydrogens is 262 g/mol. The fourth-order valence-electron chi connectivity index (χ4n) is 2.27. The number of nitrogens with zero attached hydrogens (tertiary/aromatic N) is 1. The van der Waals surface area contributed by atoms with Crippen molar-refractivity contribution in [3.05, 3.63) is 29.8 Å². The van der Waals surface area contributed by atoms with Gasteiger partial charge >= 0.3 is 0 Å². The molecule has 0 atom stereocenters. The number of sulfonamides is 1. The Bertz CT molecular complexity index is 495. The zero-order valence-corrected chi connectivity index (χ0v) is 12.7. The average molecular weight is 285 g/mol. The van der Waals surface area contributed by atoms with Gasteiger partial charge in [-0.05, 0) is 31.4 Å². The molecule has 0 aromatic heterocycles. The molecule has 0 unspecified atom stereocenters. The minimum Gasteiger partial charge on any atom is -0.395 e. The fourth-order valence-corrected chi connectivity index (χ4v) is 4.26. The monoisotopic (exact) mass is 285 g/mol. The van der Waals surface area contributed by atoms with E-state index in [9.17, 15) is 8.42 Å². The van der Waals surface area contributed by atoms with Crippen molar-refractivity contribution < 1.29 is 13.5 Å². The van der Waals surface area contributed by atoms with Crippen LogP contribution in [-0.4, -0.2) is 37.0 Å². The van der Waals surface area contributed by atoms with E-state index in [1.807, 2.05) is 19.9 Å². The van der Waals surface area contributed by atoms with Crippen molar-refractivity contribution in [2.45, 2.75) is 44.6 Å². The number of aryl methyl sites for hydroxylation is 1. The van der Waals surface area contributed by atoms with E-state index in [-0.39, 0.29) is 19.2 Å². The molecule has 19 heavy (non-hydrogen) atoms. The van der Waals surface area contributed by atoms with Gasteiger partial charge in [-0.3, -0.25) is 0 Å². The van der Waals surface area contributed by atoms with Gasteiger partial charge in [0.15, 0.2) is 0 Å². The smallest absolute Gasteiger partial charge is 0.243 e. The summed E-state index contributed by atoms with van der Waals surface area (Å²) in [5, 5.41) is 9.15. The maximum atomic E-state index is 12.7. The number of aliphatic hydroxyl groups is 1. The van der Waals surface area contributed by atoms with Crippen LogP contribution in [0.15, 0.2) is 29.2 Å². The maximum absolute atomic E-state index is 12.7. The third-order valence-corrected chi connectivity index (χ3v) is 5.46. The van der Waals surface area contributed by atoms with Crippen LogP contribution in [0.5, 0.6) is 0 Å². The van der Waals surface area contributed by atoms with Crippen LogP contribution in [0.1, 0.15) is 32.3 Å². The first-order valence-corrected chi connectivity index (χ1v) is 8.11. The Labute approximate surface area is 116 Å². The fraction of sp³-hybridized carbons (Fsp3) is 0.571. The third kappa shape index (κ3) is 3.55. The minimum atomic E-state index is -3.54. The van der Waals surface area contributed by atoms with Gasteiger partial charge in [0.1, 0.15) is 0 Å². The molecule has 1 aromatic carbocycles. The molecular formula is C14H23NO3S. The Kier molecular flexibility index (Phi) is 5.97. The number of hydrogen-bond acceptors (Lipinski definition) is 3. The largest absolute Gasteiger partial charge is 0.395 e. The van der Waals surface area contributed by atoms with Crippen molar-refractivity contribution in [3.63, 3.8) is 0 Å². The molecule has 108 valence electrons. The maximum Gasteiger partial charge on any atom is 0.243 e. The molecule has 1 N–H and O–H groups in total. The van der Waals surface area contributed by atoms with Crippen molar-refractivity contribution in [1.82, 2.24) is 4.31 Å². The van der Waals surface area contributed by atoms with Gasteiger partial charge in [0.05, 0.1) is 11.5 Å². The van der Waals surface area contributed by atoms with E-state index in [1.54, 1.807) is 25.1 Å². The molecule has 0 spiro atoms. The second-order valence-electron chi connectivity index (χ2n) is 4.58. The van der Waals surface area contributed by atoms with Crippen LogP contribution in [0.2, 0.25) is 0 Å². The molecule has 1 rings (SSSR count). The van der Waals surface area contributed by atoms with E-state index in [1.165, 1.54) is 4.31 Å². The van der Waals surface area contributed by atoms with E-state index in [0.717, 1.165) is 18.4 Å². The van der Waals surface area contributed by atoms with Crippen LogP contribution in [0.25, 0.3) is 0 Å². The van der Waals surface area contributed by atoms with Crippen LogP contribution in [0.4, 0.5) is 0 Å². The van der Waals surface area contributed by atoms with Gasteiger partial charge in [-0.2, -0.15) is 4.31 Å². The van der Waals surface area contributed by atoms with Crippen LogP contribution in [0.3, 0.4) is 0 Å². The second kappa shape index (κ2) is 7.03. The summed E-state index contributed by atoms with van der Waals surface area (Å²) in [5.41, 5.74) is 0.733. The van der Waals surface area contributed by atoms with Gasteiger partial charge in [0.25, 0.3) is 0 Å². The third-order valence-electron chi connectivity index (χ3n) is 3.35. The number of aliphatic hydroxyl groups excluding tert-OH is 1. The van der Waals surface area contributed by atoms with Crippen LogP contribution < -0.4 is 0 Å². The minimum absolute atomic E-state index is 0.0724. The van der Waals surface area contributed by atoms with Gasteiger partial charge in [0.2, 0.25) is 10.0 Å². The van der Waals surface area contributed by atoms with Gasteiger partial charge in [0, 0.05) is 12.6 Å². The highest BCUT2D eigenvalue weighted by Crippen LogP contribution is 2.23. The number of benzene rings is 1. The van der Waals surface area contributed by atoms with Crippen molar-refractivity contribution in [2.24, 2.45) is 0 Å².